The molecule has 1 atom stereocenters. The monoisotopic (exact) mass is 387 g/mol. The molecule has 0 aliphatic heterocycles. The van der Waals surface area contributed by atoms with Gasteiger partial charge in [-0.15, -0.1) is 0 Å². The number of nitrogens with zero attached hydrogens (tertiary/aromatic N) is 1. The maximum absolute atomic E-state index is 14.2. The number of hydrogen-bond donors (Lipinski definition) is 4. The largest absolute Gasteiger partial charge is 0.394 e. The molecule has 2 rings (SSSR count). The molecule has 0 bridgehead atoms. The second-order valence-electron chi connectivity index (χ2n) is 5.43. The van der Waals surface area contributed by atoms with Crippen LogP contribution in [-0.2, 0) is 4.84 Å². The minimum absolute atomic E-state index is 0.0908. The number of carbonyl (C=O) groups is 1. The molecule has 12 heteroatoms. The first-order valence-electron chi connectivity index (χ1n) is 7.52. The molecule has 0 radical (unpaired) electrons. The quantitative estimate of drug-likeness (QED) is 0.224. The van der Waals surface area contributed by atoms with Crippen LogP contribution < -0.4 is 16.3 Å². The van der Waals surface area contributed by atoms with Crippen molar-refractivity contribution in [2.45, 2.75) is 6.10 Å². The molecule has 27 heavy (non-hydrogen) atoms. The highest BCUT2D eigenvalue weighted by Crippen LogP contribution is 2.27. The number of anilines is 2. The highest BCUT2D eigenvalue weighted by atomic mass is 19.2. The van der Waals surface area contributed by atoms with Gasteiger partial charge in [0.15, 0.2) is 17.5 Å². The number of pyridine rings is 1. The SMILES string of the molecule is Bc1cc(F)cnc1Nc1c(C(=O)NOC[C@H](O)CO)cc(F)c(F)c1F. The minimum atomic E-state index is -1.83. The van der Waals surface area contributed by atoms with Gasteiger partial charge >= 0.3 is 0 Å². The van der Waals surface area contributed by atoms with Crippen LogP contribution >= 0.6 is 0 Å². The molecule has 0 saturated heterocycles. The van der Waals surface area contributed by atoms with Crippen LogP contribution in [0, 0.1) is 23.3 Å². The van der Waals surface area contributed by atoms with Crippen molar-refractivity contribution in [3.63, 3.8) is 0 Å². The van der Waals surface area contributed by atoms with Gasteiger partial charge in [0.25, 0.3) is 5.91 Å². The maximum atomic E-state index is 14.2. The molecule has 1 amide bonds. The number of hydroxylamine groups is 1. The van der Waals surface area contributed by atoms with Crippen molar-refractivity contribution < 1.29 is 37.4 Å². The summed E-state index contributed by atoms with van der Waals surface area (Å²) in [6.07, 6.45) is -0.484. The van der Waals surface area contributed by atoms with E-state index in [0.29, 0.717) is 6.07 Å². The van der Waals surface area contributed by atoms with Crippen molar-refractivity contribution in [2.75, 3.05) is 18.5 Å². The number of amides is 1. The third-order valence-corrected chi connectivity index (χ3v) is 3.35. The van der Waals surface area contributed by atoms with Crippen molar-refractivity contribution in [3.05, 3.63) is 47.2 Å². The molecule has 0 unspecified atom stereocenters. The zero-order valence-electron chi connectivity index (χ0n) is 13.9. The first-order chi connectivity index (χ1) is 12.7. The van der Waals surface area contributed by atoms with Crippen LogP contribution in [0.2, 0.25) is 0 Å². The van der Waals surface area contributed by atoms with E-state index >= 15 is 0 Å². The summed E-state index contributed by atoms with van der Waals surface area (Å²) in [7, 11) is 1.43. The maximum Gasteiger partial charge on any atom is 0.277 e. The van der Waals surface area contributed by atoms with E-state index in [1.807, 2.05) is 0 Å². The molecule has 144 valence electrons. The predicted molar refractivity (Wildman–Crippen MR) is 88.5 cm³/mol. The van der Waals surface area contributed by atoms with E-state index in [1.165, 1.54) is 7.85 Å². The van der Waals surface area contributed by atoms with E-state index in [9.17, 15) is 22.4 Å². The van der Waals surface area contributed by atoms with Gasteiger partial charge in [0, 0.05) is 0 Å². The Morgan fingerprint density at radius 3 is 2.59 bits per heavy atom. The van der Waals surface area contributed by atoms with Crippen LogP contribution in [-0.4, -0.2) is 48.3 Å². The van der Waals surface area contributed by atoms with E-state index in [0.717, 1.165) is 12.3 Å². The Hall–Kier alpha value is -2.70. The van der Waals surface area contributed by atoms with Crippen molar-refractivity contribution in [1.29, 1.82) is 0 Å². The summed E-state index contributed by atoms with van der Waals surface area (Å²) in [6.45, 7) is -1.15. The topological polar surface area (TPSA) is 104 Å². The Kier molecular flexibility index (Phi) is 6.72. The van der Waals surface area contributed by atoms with Crippen molar-refractivity contribution in [3.8, 4) is 0 Å². The highest BCUT2D eigenvalue weighted by Gasteiger charge is 2.24. The van der Waals surface area contributed by atoms with Gasteiger partial charge in [0.1, 0.15) is 32.2 Å². The number of hydrogen-bond acceptors (Lipinski definition) is 6. The summed E-state index contributed by atoms with van der Waals surface area (Å²) >= 11 is 0. The average molecular weight is 387 g/mol. The Labute approximate surface area is 151 Å². The lowest BCUT2D eigenvalue weighted by Gasteiger charge is -2.15. The van der Waals surface area contributed by atoms with E-state index < -0.39 is 59.7 Å². The molecule has 0 aliphatic rings. The molecule has 0 spiro atoms. The van der Waals surface area contributed by atoms with Crippen LogP contribution in [0.25, 0.3) is 0 Å². The lowest BCUT2D eigenvalue weighted by Crippen LogP contribution is -2.30. The van der Waals surface area contributed by atoms with Gasteiger partial charge in [0.05, 0.1) is 24.1 Å². The normalized spacial score (nSPS) is 11.9. The summed E-state index contributed by atoms with van der Waals surface area (Å²) in [5.74, 6) is -7.07. The molecule has 4 N–H and O–H groups in total. The lowest BCUT2D eigenvalue weighted by molar-refractivity contribution is -0.0295. The van der Waals surface area contributed by atoms with E-state index in [2.05, 4.69) is 15.1 Å². The molecule has 7 nitrogen and oxygen atoms in total. The zero-order chi connectivity index (χ0) is 20.1. The number of rotatable bonds is 7. The Morgan fingerprint density at radius 2 is 1.96 bits per heavy atom. The summed E-state index contributed by atoms with van der Waals surface area (Å²) in [4.78, 5) is 20.4. The standard InChI is InChI=1S/C15H14BF4N3O4/c16-9-1-6(17)3-21-14(9)22-13-8(2-10(18)11(19)12(13)20)15(26)23-27-5-7(25)4-24/h1-3,7,24-25H,4-5,16H2,(H,21,22)(H,23,26)/t7-/m1/s1. The molecule has 1 aromatic carbocycles. The van der Waals surface area contributed by atoms with Gasteiger partial charge in [0.2, 0.25) is 0 Å². The van der Waals surface area contributed by atoms with Crippen molar-refractivity contribution in [1.82, 2.24) is 10.5 Å². The van der Waals surface area contributed by atoms with Gasteiger partial charge < -0.3 is 15.5 Å². The Balaban J connectivity index is 2.34. The van der Waals surface area contributed by atoms with Crippen molar-refractivity contribution in [2.24, 2.45) is 0 Å². The van der Waals surface area contributed by atoms with Gasteiger partial charge in [-0.05, 0) is 17.6 Å². The zero-order valence-corrected chi connectivity index (χ0v) is 13.9. The molecular weight excluding hydrogens is 373 g/mol. The van der Waals surface area contributed by atoms with Crippen LogP contribution in [0.1, 0.15) is 10.4 Å². The average Bonchev–Trinajstić information content (AvgIpc) is 2.63. The molecular formula is C15H14BF4N3O4. The molecule has 0 aliphatic carbocycles. The van der Waals surface area contributed by atoms with E-state index in [-0.39, 0.29) is 11.3 Å². The third kappa shape index (κ3) is 4.93. The summed E-state index contributed by atoms with van der Waals surface area (Å²) < 4.78 is 54.5. The third-order valence-electron chi connectivity index (χ3n) is 3.35. The van der Waals surface area contributed by atoms with Gasteiger partial charge in [-0.3, -0.25) is 9.63 Å². The van der Waals surface area contributed by atoms with Crippen LogP contribution in [0.15, 0.2) is 18.3 Å². The highest BCUT2D eigenvalue weighted by molar-refractivity contribution is 6.35. The second-order valence-corrected chi connectivity index (χ2v) is 5.43. The smallest absolute Gasteiger partial charge is 0.277 e. The van der Waals surface area contributed by atoms with E-state index in [1.54, 1.807) is 5.48 Å². The fourth-order valence-corrected chi connectivity index (χ4v) is 2.00. The number of carbonyl (C=O) groups excluding carboxylic acids is 1. The van der Waals surface area contributed by atoms with Gasteiger partial charge in [-0.25, -0.2) is 28.0 Å². The lowest BCUT2D eigenvalue weighted by atomic mass is 9.96. The minimum Gasteiger partial charge on any atom is -0.394 e. The number of benzene rings is 1. The Bertz CT molecular complexity index is 856. The molecule has 0 saturated carbocycles. The van der Waals surface area contributed by atoms with Gasteiger partial charge in [-0.2, -0.15) is 0 Å². The predicted octanol–water partition coefficient (Wildman–Crippen LogP) is -0.345. The van der Waals surface area contributed by atoms with Gasteiger partial charge in [-0.1, -0.05) is 0 Å². The fraction of sp³-hybridized carbons (Fsp3) is 0.200. The molecule has 1 aromatic heterocycles. The summed E-state index contributed by atoms with van der Waals surface area (Å²) in [6, 6.07) is 1.49. The number of aliphatic hydroxyl groups is 2. The molecule has 0 fully saturated rings. The second kappa shape index (κ2) is 8.80. The van der Waals surface area contributed by atoms with E-state index in [4.69, 9.17) is 10.2 Å². The fourth-order valence-electron chi connectivity index (χ4n) is 2.00. The number of halogens is 4. The Morgan fingerprint density at radius 1 is 1.26 bits per heavy atom. The van der Waals surface area contributed by atoms with Crippen LogP contribution in [0.5, 0.6) is 0 Å². The molecule has 2 aromatic rings. The molecule has 1 heterocycles. The van der Waals surface area contributed by atoms with Crippen LogP contribution in [0.4, 0.5) is 29.1 Å². The first-order valence-corrected chi connectivity index (χ1v) is 7.52. The number of aliphatic hydroxyl groups excluding tert-OH is 2. The summed E-state index contributed by atoms with van der Waals surface area (Å²) in [5.41, 5.74) is 0.596. The number of aromatic nitrogens is 1. The summed E-state index contributed by atoms with van der Waals surface area (Å²) in [5, 5.41) is 20.1. The first kappa shape index (κ1) is 20.6. The number of nitrogens with one attached hydrogen (secondary N) is 2. The van der Waals surface area contributed by atoms with Crippen LogP contribution in [0.3, 0.4) is 0 Å². The van der Waals surface area contributed by atoms with Crippen molar-refractivity contribution >= 4 is 30.7 Å².